The molecule has 1 aromatic carbocycles. The van der Waals surface area contributed by atoms with E-state index in [2.05, 4.69) is 5.32 Å². The van der Waals surface area contributed by atoms with Gasteiger partial charge in [0, 0.05) is 22.7 Å². The number of hydrogen-bond donors (Lipinski definition) is 2. The third-order valence-corrected chi connectivity index (χ3v) is 3.09. The largest absolute Gasteiger partial charge is 0.478 e. The summed E-state index contributed by atoms with van der Waals surface area (Å²) in [6, 6.07) is 7.36. The lowest BCUT2D eigenvalue weighted by Gasteiger charge is -2.07. The number of amides is 1. The van der Waals surface area contributed by atoms with E-state index in [-0.39, 0.29) is 17.1 Å². The van der Waals surface area contributed by atoms with Crippen LogP contribution in [0.1, 0.15) is 19.4 Å². The smallest absolute Gasteiger partial charge is 0.331 e. The monoisotopic (exact) mass is 281 g/mol. The van der Waals surface area contributed by atoms with E-state index in [1.165, 1.54) is 13.8 Å². The maximum atomic E-state index is 11.7. The van der Waals surface area contributed by atoms with Crippen LogP contribution < -0.4 is 5.32 Å². The van der Waals surface area contributed by atoms with Crippen molar-refractivity contribution in [3.63, 3.8) is 0 Å². The number of carbonyl (C=O) groups excluding carboxylic acids is 1. The van der Waals surface area contributed by atoms with E-state index in [4.69, 9.17) is 16.7 Å². The van der Waals surface area contributed by atoms with Gasteiger partial charge in [-0.25, -0.2) is 4.79 Å². The highest BCUT2D eigenvalue weighted by Crippen LogP contribution is 2.09. The van der Waals surface area contributed by atoms with Crippen LogP contribution in [0.4, 0.5) is 0 Å². The molecular weight excluding hydrogens is 266 g/mol. The zero-order valence-electron chi connectivity index (χ0n) is 10.9. The van der Waals surface area contributed by atoms with Gasteiger partial charge in [0.15, 0.2) is 0 Å². The normalized spacial score (nSPS) is 11.7. The fourth-order valence-electron chi connectivity index (χ4n) is 1.43. The van der Waals surface area contributed by atoms with Crippen LogP contribution in [-0.2, 0) is 16.0 Å². The van der Waals surface area contributed by atoms with Crippen molar-refractivity contribution in [2.45, 2.75) is 20.3 Å². The Kier molecular flexibility index (Phi) is 5.57. The van der Waals surface area contributed by atoms with Gasteiger partial charge in [0.2, 0.25) is 5.91 Å². The number of halogens is 1. The van der Waals surface area contributed by atoms with Gasteiger partial charge in [0.05, 0.1) is 0 Å². The molecule has 0 fully saturated rings. The molecule has 0 saturated heterocycles. The predicted molar refractivity (Wildman–Crippen MR) is 74.2 cm³/mol. The maximum absolute atomic E-state index is 11.7. The van der Waals surface area contributed by atoms with E-state index >= 15 is 0 Å². The van der Waals surface area contributed by atoms with Crippen molar-refractivity contribution in [2.24, 2.45) is 0 Å². The molecule has 102 valence electrons. The fraction of sp³-hybridized carbons (Fsp3) is 0.286. The summed E-state index contributed by atoms with van der Waals surface area (Å²) >= 11 is 5.77. The van der Waals surface area contributed by atoms with Gasteiger partial charge in [0.1, 0.15) is 0 Å². The van der Waals surface area contributed by atoms with Gasteiger partial charge < -0.3 is 10.4 Å². The molecule has 0 aliphatic carbocycles. The average molecular weight is 282 g/mol. The molecule has 0 aliphatic heterocycles. The van der Waals surface area contributed by atoms with Crippen molar-refractivity contribution < 1.29 is 14.7 Å². The minimum atomic E-state index is -1.08. The molecule has 0 heterocycles. The third kappa shape index (κ3) is 4.75. The quantitative estimate of drug-likeness (QED) is 0.815. The molecule has 2 N–H and O–H groups in total. The summed E-state index contributed by atoms with van der Waals surface area (Å²) in [5.74, 6) is -1.43. The van der Waals surface area contributed by atoms with E-state index in [9.17, 15) is 9.59 Å². The Labute approximate surface area is 117 Å². The molecule has 0 saturated carbocycles. The zero-order valence-corrected chi connectivity index (χ0v) is 11.6. The van der Waals surface area contributed by atoms with Gasteiger partial charge in [-0.15, -0.1) is 0 Å². The second-order valence-electron chi connectivity index (χ2n) is 4.19. The van der Waals surface area contributed by atoms with E-state index in [0.717, 1.165) is 5.56 Å². The molecule has 0 aliphatic rings. The standard InChI is InChI=1S/C14H16ClNO3/c1-9(10(2)14(18)19)13(17)16-8-7-11-3-5-12(15)6-4-11/h3-6H,7-8H2,1-2H3,(H,16,17)(H,18,19). The first-order valence-corrected chi connectivity index (χ1v) is 6.23. The second kappa shape index (κ2) is 6.95. The summed E-state index contributed by atoms with van der Waals surface area (Å²) in [7, 11) is 0. The zero-order chi connectivity index (χ0) is 14.4. The van der Waals surface area contributed by atoms with E-state index in [1.54, 1.807) is 12.1 Å². The molecule has 0 spiro atoms. The summed E-state index contributed by atoms with van der Waals surface area (Å²) in [6.07, 6.45) is 0.669. The van der Waals surface area contributed by atoms with E-state index in [1.807, 2.05) is 12.1 Å². The van der Waals surface area contributed by atoms with E-state index < -0.39 is 5.97 Å². The number of nitrogens with one attached hydrogen (secondary N) is 1. The first-order valence-electron chi connectivity index (χ1n) is 5.85. The molecule has 0 bridgehead atoms. The molecule has 0 radical (unpaired) electrons. The van der Waals surface area contributed by atoms with Gasteiger partial charge in [0.25, 0.3) is 0 Å². The Morgan fingerprint density at radius 3 is 2.26 bits per heavy atom. The number of carbonyl (C=O) groups is 2. The molecular formula is C14H16ClNO3. The minimum Gasteiger partial charge on any atom is -0.478 e. The Morgan fingerprint density at radius 2 is 1.74 bits per heavy atom. The van der Waals surface area contributed by atoms with Gasteiger partial charge >= 0.3 is 5.97 Å². The van der Waals surface area contributed by atoms with Crippen molar-refractivity contribution in [3.8, 4) is 0 Å². The highest BCUT2D eigenvalue weighted by molar-refractivity contribution is 6.30. The maximum Gasteiger partial charge on any atom is 0.331 e. The Bertz CT molecular complexity index is 506. The summed E-state index contributed by atoms with van der Waals surface area (Å²) in [5, 5.41) is 12.1. The second-order valence-corrected chi connectivity index (χ2v) is 4.62. The SMILES string of the molecule is CC(C(=O)O)=C(C)C(=O)NCCc1ccc(Cl)cc1. The lowest BCUT2D eigenvalue weighted by atomic mass is 10.1. The van der Waals surface area contributed by atoms with Crippen molar-refractivity contribution >= 4 is 23.5 Å². The van der Waals surface area contributed by atoms with Gasteiger partial charge in [-0.05, 0) is 38.0 Å². The molecule has 1 amide bonds. The number of aliphatic carboxylic acids is 1. The van der Waals surface area contributed by atoms with Crippen LogP contribution in [0.2, 0.25) is 5.02 Å². The topological polar surface area (TPSA) is 66.4 Å². The van der Waals surface area contributed by atoms with Crippen LogP contribution >= 0.6 is 11.6 Å². The Hall–Kier alpha value is -1.81. The molecule has 0 atom stereocenters. The molecule has 1 aromatic rings. The first kappa shape index (κ1) is 15.2. The number of carboxylic acids is 1. The number of carboxylic acid groups (broad SMARTS) is 1. The molecule has 4 nitrogen and oxygen atoms in total. The van der Waals surface area contributed by atoms with Gasteiger partial charge in [-0.1, -0.05) is 23.7 Å². The van der Waals surface area contributed by atoms with Crippen molar-refractivity contribution in [2.75, 3.05) is 6.54 Å². The fourth-order valence-corrected chi connectivity index (χ4v) is 1.56. The number of hydrogen-bond acceptors (Lipinski definition) is 2. The highest BCUT2D eigenvalue weighted by Gasteiger charge is 2.11. The molecule has 19 heavy (non-hydrogen) atoms. The lowest BCUT2D eigenvalue weighted by molar-refractivity contribution is -0.133. The third-order valence-electron chi connectivity index (χ3n) is 2.84. The van der Waals surface area contributed by atoms with E-state index in [0.29, 0.717) is 18.0 Å². The average Bonchev–Trinajstić information content (AvgIpc) is 2.39. The lowest BCUT2D eigenvalue weighted by Crippen LogP contribution is -2.27. The number of benzene rings is 1. The van der Waals surface area contributed by atoms with Crippen LogP contribution in [0, 0.1) is 0 Å². The Morgan fingerprint density at radius 1 is 1.16 bits per heavy atom. The van der Waals surface area contributed by atoms with Gasteiger partial charge in [-0.2, -0.15) is 0 Å². The van der Waals surface area contributed by atoms with Crippen LogP contribution in [0.15, 0.2) is 35.4 Å². The molecule has 0 unspecified atom stereocenters. The van der Waals surface area contributed by atoms with Crippen molar-refractivity contribution in [1.29, 1.82) is 0 Å². The Balaban J connectivity index is 2.49. The molecule has 1 rings (SSSR count). The highest BCUT2D eigenvalue weighted by atomic mass is 35.5. The van der Waals surface area contributed by atoms with Gasteiger partial charge in [-0.3, -0.25) is 4.79 Å². The van der Waals surface area contributed by atoms with Crippen LogP contribution in [0.25, 0.3) is 0 Å². The minimum absolute atomic E-state index is 0.0593. The predicted octanol–water partition coefficient (Wildman–Crippen LogP) is 2.42. The van der Waals surface area contributed by atoms with Crippen LogP contribution in [-0.4, -0.2) is 23.5 Å². The first-order chi connectivity index (χ1) is 8.91. The molecule has 5 heteroatoms. The summed E-state index contributed by atoms with van der Waals surface area (Å²) in [4.78, 5) is 22.4. The van der Waals surface area contributed by atoms with Crippen molar-refractivity contribution in [1.82, 2.24) is 5.32 Å². The van der Waals surface area contributed by atoms with Crippen LogP contribution in [0.3, 0.4) is 0 Å². The number of rotatable bonds is 5. The summed E-state index contributed by atoms with van der Waals surface area (Å²) < 4.78 is 0. The molecule has 0 aromatic heterocycles. The summed E-state index contributed by atoms with van der Waals surface area (Å²) in [5.41, 5.74) is 1.34. The van der Waals surface area contributed by atoms with Crippen LogP contribution in [0.5, 0.6) is 0 Å². The van der Waals surface area contributed by atoms with Crippen molar-refractivity contribution in [3.05, 3.63) is 46.0 Å². The summed E-state index contributed by atoms with van der Waals surface area (Å²) in [6.45, 7) is 3.36.